The van der Waals surface area contributed by atoms with Crippen LogP contribution < -0.4 is 0 Å². The third-order valence-electron chi connectivity index (χ3n) is 1.58. The zero-order valence-corrected chi connectivity index (χ0v) is 8.12. The molecule has 0 fully saturated rings. The molecule has 1 unspecified atom stereocenters. The van der Waals surface area contributed by atoms with E-state index in [2.05, 4.69) is 4.74 Å². The van der Waals surface area contributed by atoms with Gasteiger partial charge in [0.05, 0.1) is 12.7 Å². The fourth-order valence-electron chi connectivity index (χ4n) is 0.772. The Balaban J connectivity index is 4.81. The molecule has 0 aromatic carbocycles. The number of nitrogens with zero attached hydrogens (tertiary/aromatic N) is 1. The van der Waals surface area contributed by atoms with Crippen molar-refractivity contribution in [1.82, 2.24) is 0 Å². The van der Waals surface area contributed by atoms with E-state index in [1.54, 1.807) is 0 Å². The number of rotatable bonds is 3. The molecule has 1 atom stereocenters. The van der Waals surface area contributed by atoms with Gasteiger partial charge in [-0.2, -0.15) is 44.8 Å². The van der Waals surface area contributed by atoms with Crippen molar-refractivity contribution in [1.29, 1.82) is 5.26 Å². The van der Waals surface area contributed by atoms with Crippen LogP contribution >= 0.6 is 0 Å². The van der Waals surface area contributed by atoms with Crippen LogP contribution in [0.4, 0.5) is 39.5 Å². The third kappa shape index (κ3) is 4.99. The lowest BCUT2D eigenvalue weighted by atomic mass is 10.2. The molecular formula is C7H4F9NO. The van der Waals surface area contributed by atoms with Gasteiger partial charge in [-0.15, -0.1) is 0 Å². The summed E-state index contributed by atoms with van der Waals surface area (Å²) in [6, 6.07) is 0.516. The minimum atomic E-state index is -5.91. The SMILES string of the molecule is N#CC(COC(C(F)(F)F)C(F)(F)F)C(F)(F)F. The van der Waals surface area contributed by atoms with Gasteiger partial charge in [0, 0.05) is 0 Å². The Morgan fingerprint density at radius 3 is 1.44 bits per heavy atom. The van der Waals surface area contributed by atoms with E-state index >= 15 is 0 Å². The van der Waals surface area contributed by atoms with E-state index < -0.39 is 37.2 Å². The van der Waals surface area contributed by atoms with Gasteiger partial charge >= 0.3 is 18.5 Å². The van der Waals surface area contributed by atoms with Crippen molar-refractivity contribution in [3.63, 3.8) is 0 Å². The van der Waals surface area contributed by atoms with E-state index in [1.165, 1.54) is 0 Å². The molecule has 0 amide bonds. The predicted molar refractivity (Wildman–Crippen MR) is 37.0 cm³/mol. The summed E-state index contributed by atoms with van der Waals surface area (Å²) in [4.78, 5) is 0. The molecule has 106 valence electrons. The second kappa shape index (κ2) is 5.21. The van der Waals surface area contributed by atoms with Crippen LogP contribution in [0.3, 0.4) is 0 Å². The fourth-order valence-corrected chi connectivity index (χ4v) is 0.772. The largest absolute Gasteiger partial charge is 0.423 e. The highest BCUT2D eigenvalue weighted by Gasteiger charge is 2.58. The van der Waals surface area contributed by atoms with Crippen LogP contribution in [0.5, 0.6) is 0 Å². The van der Waals surface area contributed by atoms with Crippen LogP contribution in [0.2, 0.25) is 0 Å². The molecule has 0 aliphatic heterocycles. The quantitative estimate of drug-likeness (QED) is 0.747. The predicted octanol–water partition coefficient (Wildman–Crippen LogP) is 3.20. The standard InChI is InChI=1S/C7H4F9NO/c8-5(9,10)3(1-17)2-18-4(6(11,12)13)7(14,15)16/h3-4H,2H2. The van der Waals surface area contributed by atoms with Gasteiger partial charge in [0.1, 0.15) is 0 Å². The van der Waals surface area contributed by atoms with E-state index in [0.29, 0.717) is 6.07 Å². The first-order valence-corrected chi connectivity index (χ1v) is 4.01. The summed E-state index contributed by atoms with van der Waals surface area (Å²) in [7, 11) is 0. The highest BCUT2D eigenvalue weighted by atomic mass is 19.4. The van der Waals surface area contributed by atoms with Gasteiger partial charge in [-0.05, 0) is 0 Å². The second-order valence-corrected chi connectivity index (χ2v) is 3.02. The highest BCUT2D eigenvalue weighted by Crippen LogP contribution is 2.36. The fraction of sp³-hybridized carbons (Fsp3) is 0.857. The van der Waals surface area contributed by atoms with Crippen LogP contribution in [-0.2, 0) is 4.74 Å². The normalized spacial score (nSPS) is 15.6. The Kier molecular flexibility index (Phi) is 4.87. The first-order chi connectivity index (χ1) is 7.80. The molecule has 0 aliphatic carbocycles. The number of nitriles is 1. The van der Waals surface area contributed by atoms with Crippen LogP contribution in [-0.4, -0.2) is 31.2 Å². The van der Waals surface area contributed by atoms with E-state index in [0.717, 1.165) is 0 Å². The zero-order valence-electron chi connectivity index (χ0n) is 8.12. The van der Waals surface area contributed by atoms with Gasteiger partial charge in [-0.25, -0.2) is 0 Å². The van der Waals surface area contributed by atoms with Gasteiger partial charge in [0.2, 0.25) is 6.10 Å². The van der Waals surface area contributed by atoms with Crippen molar-refractivity contribution < 1.29 is 44.3 Å². The Labute approximate surface area is 93.9 Å². The van der Waals surface area contributed by atoms with E-state index in [4.69, 9.17) is 5.26 Å². The van der Waals surface area contributed by atoms with Gasteiger partial charge < -0.3 is 4.74 Å². The van der Waals surface area contributed by atoms with Crippen LogP contribution in [0.15, 0.2) is 0 Å². The molecular weight excluding hydrogens is 285 g/mol. The van der Waals surface area contributed by atoms with E-state index in [1.807, 2.05) is 0 Å². The molecule has 0 aromatic rings. The lowest BCUT2D eigenvalue weighted by Gasteiger charge is -2.24. The van der Waals surface area contributed by atoms with Crippen molar-refractivity contribution in [3.05, 3.63) is 0 Å². The summed E-state index contributed by atoms with van der Waals surface area (Å²) in [6.07, 6.45) is -21.5. The number of hydrogen-bond donors (Lipinski definition) is 0. The van der Waals surface area contributed by atoms with Gasteiger partial charge in [-0.1, -0.05) is 0 Å². The minimum absolute atomic E-state index is 0.516. The maximum atomic E-state index is 11.9. The first-order valence-electron chi connectivity index (χ1n) is 4.01. The maximum absolute atomic E-state index is 11.9. The highest BCUT2D eigenvalue weighted by molar-refractivity contribution is 4.89. The van der Waals surface area contributed by atoms with Crippen molar-refractivity contribution >= 4 is 0 Å². The Bertz CT molecular complexity index is 295. The molecule has 0 radical (unpaired) electrons. The topological polar surface area (TPSA) is 33.0 Å². The molecule has 0 saturated carbocycles. The molecule has 0 aliphatic rings. The van der Waals surface area contributed by atoms with Crippen LogP contribution in [0.1, 0.15) is 0 Å². The second-order valence-electron chi connectivity index (χ2n) is 3.02. The maximum Gasteiger partial charge on any atom is 0.423 e. The molecule has 0 N–H and O–H groups in total. The summed E-state index contributed by atoms with van der Waals surface area (Å²) in [5.41, 5.74) is 0. The lowest BCUT2D eigenvalue weighted by Crippen LogP contribution is -2.45. The van der Waals surface area contributed by atoms with Gasteiger partial charge in [0.25, 0.3) is 0 Å². The summed E-state index contributed by atoms with van der Waals surface area (Å²) < 4.78 is 110. The zero-order chi connectivity index (χ0) is 14.8. The summed E-state index contributed by atoms with van der Waals surface area (Å²) in [6.45, 7) is -2.05. The Morgan fingerprint density at radius 1 is 0.833 bits per heavy atom. The van der Waals surface area contributed by atoms with Crippen molar-refractivity contribution in [3.8, 4) is 6.07 Å². The Morgan fingerprint density at radius 2 is 1.22 bits per heavy atom. The molecule has 0 heterocycles. The number of hydrogen-bond acceptors (Lipinski definition) is 2. The monoisotopic (exact) mass is 289 g/mol. The van der Waals surface area contributed by atoms with E-state index in [9.17, 15) is 39.5 Å². The van der Waals surface area contributed by atoms with Crippen molar-refractivity contribution in [2.75, 3.05) is 6.61 Å². The molecule has 0 spiro atoms. The summed E-state index contributed by atoms with van der Waals surface area (Å²) >= 11 is 0. The average molecular weight is 289 g/mol. The van der Waals surface area contributed by atoms with Crippen LogP contribution in [0.25, 0.3) is 0 Å². The third-order valence-corrected chi connectivity index (χ3v) is 1.58. The molecule has 0 saturated heterocycles. The number of ether oxygens (including phenoxy) is 1. The van der Waals surface area contributed by atoms with Crippen LogP contribution in [0, 0.1) is 17.2 Å². The summed E-state index contributed by atoms with van der Waals surface area (Å²) in [5.74, 6) is -3.07. The van der Waals surface area contributed by atoms with Crippen molar-refractivity contribution in [2.24, 2.45) is 5.92 Å². The van der Waals surface area contributed by atoms with Crippen molar-refractivity contribution in [2.45, 2.75) is 24.6 Å². The smallest absolute Gasteiger partial charge is 0.359 e. The summed E-state index contributed by atoms with van der Waals surface area (Å²) in [5, 5.41) is 7.97. The van der Waals surface area contributed by atoms with Gasteiger partial charge in [-0.3, -0.25) is 0 Å². The molecule has 0 bridgehead atoms. The lowest BCUT2D eigenvalue weighted by molar-refractivity contribution is -0.327. The minimum Gasteiger partial charge on any atom is -0.359 e. The Hall–Kier alpha value is -1.18. The number of alkyl halides is 9. The van der Waals surface area contributed by atoms with Gasteiger partial charge in [0.15, 0.2) is 5.92 Å². The molecule has 18 heavy (non-hydrogen) atoms. The molecule has 0 rings (SSSR count). The average Bonchev–Trinajstić information content (AvgIpc) is 2.05. The molecule has 11 heteroatoms. The molecule has 2 nitrogen and oxygen atoms in total. The molecule has 0 aromatic heterocycles. The first kappa shape index (κ1) is 16.8. The number of halogens is 9. The van der Waals surface area contributed by atoms with E-state index in [-0.39, 0.29) is 0 Å².